The maximum Gasteiger partial charge on any atom is 0.416 e. The van der Waals surface area contributed by atoms with Crippen LogP contribution in [0.1, 0.15) is 5.56 Å². The molecule has 5 nitrogen and oxygen atoms in total. The number of nitrogens with zero attached hydrogens (tertiary/aromatic N) is 3. The lowest BCUT2D eigenvalue weighted by Crippen LogP contribution is -2.05. The van der Waals surface area contributed by atoms with Crippen molar-refractivity contribution in [1.29, 1.82) is 0 Å². The fourth-order valence-electron chi connectivity index (χ4n) is 1.15. The first-order chi connectivity index (χ1) is 8.49. The lowest BCUT2D eigenvalue weighted by atomic mass is 10.2. The molecule has 0 unspecified atom stereocenters. The summed E-state index contributed by atoms with van der Waals surface area (Å²) in [6, 6.07) is 4.71. The fraction of sp³-hybridized carbons (Fsp3) is 0.100. The molecular formula is C10H8F3N3O2. The Bertz CT molecular complexity index is 480. The third kappa shape index (κ3) is 3.58. The van der Waals surface area contributed by atoms with Crippen molar-refractivity contribution in [2.45, 2.75) is 6.18 Å². The summed E-state index contributed by atoms with van der Waals surface area (Å²) in [5.74, 6) is 0. The lowest BCUT2D eigenvalue weighted by molar-refractivity contribution is -0.137. The number of rotatable bonds is 1. The second kappa shape index (κ2) is 5.80. The van der Waals surface area contributed by atoms with Crippen LogP contribution in [0.3, 0.4) is 0 Å². The van der Waals surface area contributed by atoms with Crippen molar-refractivity contribution in [2.75, 3.05) is 0 Å². The fourth-order valence-corrected chi connectivity index (χ4v) is 1.15. The van der Waals surface area contributed by atoms with Crippen LogP contribution >= 0.6 is 0 Å². The van der Waals surface area contributed by atoms with Crippen LogP contribution in [0.25, 0.3) is 5.69 Å². The summed E-state index contributed by atoms with van der Waals surface area (Å²) in [5.41, 5.74) is -0.133. The van der Waals surface area contributed by atoms with Gasteiger partial charge in [-0.3, -0.25) is 4.79 Å². The van der Waals surface area contributed by atoms with Gasteiger partial charge in [0, 0.05) is 0 Å². The standard InChI is InChI=1S/C9H6F3N3.CH2O2/c10-9(11,12)7-1-3-8(4-2-7)15-6-5-13-14-15;2-1-3/h1-6H;1H,(H,2,3). The van der Waals surface area contributed by atoms with E-state index in [2.05, 4.69) is 10.3 Å². The summed E-state index contributed by atoms with van der Waals surface area (Å²) in [6.07, 6.45) is -1.29. The molecule has 0 bridgehead atoms. The molecule has 1 N–H and O–H groups in total. The summed E-state index contributed by atoms with van der Waals surface area (Å²) in [4.78, 5) is 8.36. The SMILES string of the molecule is FC(F)(F)c1ccc(-n2ccnn2)cc1.O=CO. The first-order valence-electron chi connectivity index (χ1n) is 4.61. The monoisotopic (exact) mass is 259 g/mol. The van der Waals surface area contributed by atoms with Gasteiger partial charge in [-0.15, -0.1) is 5.10 Å². The maximum absolute atomic E-state index is 12.2. The number of alkyl halides is 3. The third-order valence-corrected chi connectivity index (χ3v) is 1.88. The highest BCUT2D eigenvalue weighted by atomic mass is 19.4. The van der Waals surface area contributed by atoms with Crippen molar-refractivity contribution in [3.05, 3.63) is 42.2 Å². The van der Waals surface area contributed by atoms with Crippen LogP contribution in [0, 0.1) is 0 Å². The molecule has 0 saturated heterocycles. The molecule has 2 rings (SSSR count). The minimum atomic E-state index is -4.30. The van der Waals surface area contributed by atoms with Crippen molar-refractivity contribution >= 4 is 6.47 Å². The lowest BCUT2D eigenvalue weighted by Gasteiger charge is -2.06. The molecule has 0 radical (unpaired) electrons. The number of hydrogen-bond acceptors (Lipinski definition) is 3. The highest BCUT2D eigenvalue weighted by Gasteiger charge is 2.29. The molecule has 96 valence electrons. The second-order valence-electron chi connectivity index (χ2n) is 3.00. The summed E-state index contributed by atoms with van der Waals surface area (Å²) >= 11 is 0. The zero-order valence-electron chi connectivity index (χ0n) is 8.87. The molecular weight excluding hydrogens is 251 g/mol. The Morgan fingerprint density at radius 1 is 1.22 bits per heavy atom. The first kappa shape index (κ1) is 13.7. The summed E-state index contributed by atoms with van der Waals surface area (Å²) < 4.78 is 38.1. The number of benzene rings is 1. The van der Waals surface area contributed by atoms with Gasteiger partial charge in [-0.1, -0.05) is 5.21 Å². The Morgan fingerprint density at radius 3 is 2.17 bits per heavy atom. The van der Waals surface area contributed by atoms with Gasteiger partial charge in [0.2, 0.25) is 0 Å². The molecule has 1 aromatic carbocycles. The second-order valence-corrected chi connectivity index (χ2v) is 3.00. The maximum atomic E-state index is 12.2. The van der Waals surface area contributed by atoms with Crippen LogP contribution in [0.5, 0.6) is 0 Å². The van der Waals surface area contributed by atoms with E-state index in [-0.39, 0.29) is 6.47 Å². The van der Waals surface area contributed by atoms with Gasteiger partial charge in [-0.05, 0) is 24.3 Å². The molecule has 18 heavy (non-hydrogen) atoms. The van der Waals surface area contributed by atoms with E-state index in [1.165, 1.54) is 23.0 Å². The molecule has 0 aliphatic carbocycles. The zero-order valence-corrected chi connectivity index (χ0v) is 8.87. The first-order valence-corrected chi connectivity index (χ1v) is 4.61. The Balaban J connectivity index is 0.000000492. The molecule has 0 amide bonds. The van der Waals surface area contributed by atoms with Crippen molar-refractivity contribution in [3.63, 3.8) is 0 Å². The number of aromatic nitrogens is 3. The van der Waals surface area contributed by atoms with Gasteiger partial charge in [0.1, 0.15) is 0 Å². The molecule has 0 spiro atoms. The van der Waals surface area contributed by atoms with Gasteiger partial charge in [0.15, 0.2) is 0 Å². The summed E-state index contributed by atoms with van der Waals surface area (Å²) in [6.45, 7) is -0.250. The van der Waals surface area contributed by atoms with E-state index in [0.29, 0.717) is 5.69 Å². The Morgan fingerprint density at radius 2 is 1.78 bits per heavy atom. The van der Waals surface area contributed by atoms with Gasteiger partial charge < -0.3 is 5.11 Å². The highest BCUT2D eigenvalue weighted by Crippen LogP contribution is 2.29. The van der Waals surface area contributed by atoms with Gasteiger partial charge in [0.05, 0.1) is 23.6 Å². The number of carbonyl (C=O) groups is 1. The predicted octanol–water partition coefficient (Wildman–Crippen LogP) is 1.99. The minimum absolute atomic E-state index is 0.250. The molecule has 0 aliphatic rings. The van der Waals surface area contributed by atoms with Crippen molar-refractivity contribution in [2.24, 2.45) is 0 Å². The molecule has 2 aromatic rings. The van der Waals surface area contributed by atoms with E-state index in [1.54, 1.807) is 6.20 Å². The topological polar surface area (TPSA) is 68.0 Å². The predicted molar refractivity (Wildman–Crippen MR) is 55.1 cm³/mol. The van der Waals surface area contributed by atoms with E-state index in [9.17, 15) is 13.2 Å². The highest BCUT2D eigenvalue weighted by molar-refractivity contribution is 5.34. The molecule has 8 heteroatoms. The van der Waals surface area contributed by atoms with Gasteiger partial charge in [-0.2, -0.15) is 13.2 Å². The Labute approximate surface area is 99.5 Å². The summed E-state index contributed by atoms with van der Waals surface area (Å²) in [5, 5.41) is 14.1. The van der Waals surface area contributed by atoms with Gasteiger partial charge in [-0.25, -0.2) is 4.68 Å². The largest absolute Gasteiger partial charge is 0.483 e. The van der Waals surface area contributed by atoms with E-state index in [4.69, 9.17) is 9.90 Å². The molecule has 0 fully saturated rings. The zero-order chi connectivity index (χ0) is 13.6. The van der Waals surface area contributed by atoms with Crippen LogP contribution in [0.4, 0.5) is 13.2 Å². The van der Waals surface area contributed by atoms with Gasteiger partial charge in [0.25, 0.3) is 6.47 Å². The van der Waals surface area contributed by atoms with E-state index in [0.717, 1.165) is 12.1 Å². The Hall–Kier alpha value is -2.38. The van der Waals surface area contributed by atoms with Gasteiger partial charge >= 0.3 is 6.18 Å². The third-order valence-electron chi connectivity index (χ3n) is 1.88. The molecule has 0 atom stereocenters. The average molecular weight is 259 g/mol. The van der Waals surface area contributed by atoms with E-state index in [1.807, 2.05) is 0 Å². The van der Waals surface area contributed by atoms with Crippen LogP contribution < -0.4 is 0 Å². The molecule has 1 aromatic heterocycles. The molecule has 0 aliphatic heterocycles. The van der Waals surface area contributed by atoms with Crippen LogP contribution in [-0.2, 0) is 11.0 Å². The minimum Gasteiger partial charge on any atom is -0.483 e. The molecule has 0 saturated carbocycles. The van der Waals surface area contributed by atoms with Crippen LogP contribution in [-0.4, -0.2) is 26.6 Å². The number of halogens is 3. The number of carboxylic acid groups (broad SMARTS) is 1. The Kier molecular flexibility index (Phi) is 4.41. The van der Waals surface area contributed by atoms with E-state index < -0.39 is 11.7 Å². The van der Waals surface area contributed by atoms with Crippen molar-refractivity contribution < 1.29 is 23.1 Å². The molecule has 1 heterocycles. The van der Waals surface area contributed by atoms with Crippen molar-refractivity contribution in [1.82, 2.24) is 15.0 Å². The van der Waals surface area contributed by atoms with Crippen LogP contribution in [0.15, 0.2) is 36.7 Å². The van der Waals surface area contributed by atoms with Crippen LogP contribution in [0.2, 0.25) is 0 Å². The van der Waals surface area contributed by atoms with E-state index >= 15 is 0 Å². The number of hydrogen-bond donors (Lipinski definition) is 1. The quantitative estimate of drug-likeness (QED) is 0.795. The van der Waals surface area contributed by atoms with Crippen molar-refractivity contribution in [3.8, 4) is 5.69 Å². The normalized spacial score (nSPS) is 10.4. The smallest absolute Gasteiger partial charge is 0.416 e. The summed E-state index contributed by atoms with van der Waals surface area (Å²) in [7, 11) is 0. The average Bonchev–Trinajstić information content (AvgIpc) is 2.82.